The molecule has 0 bridgehead atoms. The van der Waals surface area contributed by atoms with Gasteiger partial charge in [-0.15, -0.1) is 0 Å². The number of likely N-dealkylation sites (N-methyl/N-ethyl adjacent to an activating group) is 1. The fourth-order valence-corrected chi connectivity index (χ4v) is 2.73. The summed E-state index contributed by atoms with van der Waals surface area (Å²) in [5.41, 5.74) is 2.53. The Morgan fingerprint density at radius 1 is 0.864 bits per heavy atom. The maximum Gasteiger partial charge on any atom is 0.0676 e. The first kappa shape index (κ1) is 16.7. The Labute approximate surface area is 134 Å². The zero-order valence-electron chi connectivity index (χ0n) is 13.8. The molecule has 118 valence electrons. The molecular weight excluding hydrogens is 270 g/mol. The number of benzene rings is 2. The summed E-state index contributed by atoms with van der Waals surface area (Å²) in [6, 6.07) is 21.4. The van der Waals surface area contributed by atoms with Crippen LogP contribution in [0.5, 0.6) is 0 Å². The second kappa shape index (κ2) is 8.11. The Kier molecular flexibility index (Phi) is 6.17. The Morgan fingerprint density at radius 2 is 1.32 bits per heavy atom. The van der Waals surface area contributed by atoms with Crippen molar-refractivity contribution in [1.29, 1.82) is 0 Å². The van der Waals surface area contributed by atoms with Gasteiger partial charge in [0, 0.05) is 18.5 Å². The Hall–Kier alpha value is -1.64. The predicted octanol–water partition coefficient (Wildman–Crippen LogP) is 3.91. The minimum Gasteiger partial charge on any atom is -0.392 e. The van der Waals surface area contributed by atoms with Crippen LogP contribution in [0.1, 0.15) is 37.3 Å². The minimum absolute atomic E-state index is 0.234. The number of hydrogen-bond acceptors (Lipinski definition) is 2. The monoisotopic (exact) mass is 297 g/mol. The number of nitrogens with zero attached hydrogens (tertiary/aromatic N) is 1. The van der Waals surface area contributed by atoms with E-state index in [0.717, 1.165) is 6.42 Å². The molecule has 0 saturated carbocycles. The van der Waals surface area contributed by atoms with Gasteiger partial charge in [0.1, 0.15) is 0 Å². The standard InChI is InChI=1S/C20H27NO/c1-16(2)21(3)15-19(22)14-20(17-10-6-4-7-11-17)18-12-8-5-9-13-18/h4-13,16,19-20,22H,14-15H2,1-3H3. The van der Waals surface area contributed by atoms with Crippen LogP contribution in [-0.2, 0) is 0 Å². The summed E-state index contributed by atoms with van der Waals surface area (Å²) >= 11 is 0. The number of rotatable bonds is 7. The van der Waals surface area contributed by atoms with Crippen molar-refractivity contribution in [1.82, 2.24) is 4.90 Å². The SMILES string of the molecule is CC(C)N(C)CC(O)CC(c1ccccc1)c1ccccc1. The van der Waals surface area contributed by atoms with Crippen LogP contribution in [0.25, 0.3) is 0 Å². The quantitative estimate of drug-likeness (QED) is 0.837. The van der Waals surface area contributed by atoms with Crippen LogP contribution in [0.3, 0.4) is 0 Å². The van der Waals surface area contributed by atoms with E-state index in [1.807, 2.05) is 12.1 Å². The molecule has 2 aromatic carbocycles. The molecular formula is C20H27NO. The summed E-state index contributed by atoms with van der Waals surface area (Å²) in [5, 5.41) is 10.5. The molecule has 0 aliphatic heterocycles. The molecule has 0 aromatic heterocycles. The summed E-state index contributed by atoms with van der Waals surface area (Å²) in [4.78, 5) is 2.19. The van der Waals surface area contributed by atoms with Gasteiger partial charge in [0.15, 0.2) is 0 Å². The van der Waals surface area contributed by atoms with Gasteiger partial charge >= 0.3 is 0 Å². The van der Waals surface area contributed by atoms with Crippen LogP contribution in [-0.4, -0.2) is 35.7 Å². The molecule has 1 atom stereocenters. The molecule has 22 heavy (non-hydrogen) atoms. The Bertz CT molecular complexity index is 499. The van der Waals surface area contributed by atoms with Crippen molar-refractivity contribution in [2.75, 3.05) is 13.6 Å². The molecule has 1 unspecified atom stereocenters. The van der Waals surface area contributed by atoms with E-state index in [0.29, 0.717) is 12.6 Å². The second-order valence-electron chi connectivity index (χ2n) is 6.30. The van der Waals surface area contributed by atoms with Crippen molar-refractivity contribution in [3.63, 3.8) is 0 Å². The van der Waals surface area contributed by atoms with Gasteiger partial charge in [0.05, 0.1) is 6.10 Å². The molecule has 2 nitrogen and oxygen atoms in total. The highest BCUT2D eigenvalue weighted by Gasteiger charge is 2.20. The number of aliphatic hydroxyl groups excluding tert-OH is 1. The third-order valence-electron chi connectivity index (χ3n) is 4.29. The summed E-state index contributed by atoms with van der Waals surface area (Å²) < 4.78 is 0. The molecule has 0 radical (unpaired) electrons. The highest BCUT2D eigenvalue weighted by atomic mass is 16.3. The van der Waals surface area contributed by atoms with Gasteiger partial charge < -0.3 is 10.0 Å². The molecule has 2 aromatic rings. The van der Waals surface area contributed by atoms with Gasteiger partial charge in [-0.25, -0.2) is 0 Å². The predicted molar refractivity (Wildman–Crippen MR) is 93.1 cm³/mol. The van der Waals surface area contributed by atoms with Gasteiger partial charge in [0.2, 0.25) is 0 Å². The molecule has 2 heteroatoms. The molecule has 0 heterocycles. The van der Waals surface area contributed by atoms with Crippen LogP contribution in [0.4, 0.5) is 0 Å². The highest BCUT2D eigenvalue weighted by molar-refractivity contribution is 5.32. The van der Waals surface area contributed by atoms with Crippen molar-refractivity contribution in [3.8, 4) is 0 Å². The maximum atomic E-state index is 10.5. The minimum atomic E-state index is -0.335. The third kappa shape index (κ3) is 4.69. The molecule has 0 saturated heterocycles. The van der Waals surface area contributed by atoms with Crippen molar-refractivity contribution in [3.05, 3.63) is 71.8 Å². The van der Waals surface area contributed by atoms with Gasteiger partial charge in [0.25, 0.3) is 0 Å². The van der Waals surface area contributed by atoms with E-state index in [2.05, 4.69) is 74.3 Å². The van der Waals surface area contributed by atoms with Crippen LogP contribution in [0.15, 0.2) is 60.7 Å². The van der Waals surface area contributed by atoms with E-state index in [-0.39, 0.29) is 12.0 Å². The molecule has 0 fully saturated rings. The lowest BCUT2D eigenvalue weighted by Crippen LogP contribution is -2.35. The average molecular weight is 297 g/mol. The fraction of sp³-hybridized carbons (Fsp3) is 0.400. The van der Waals surface area contributed by atoms with E-state index < -0.39 is 0 Å². The normalized spacial score (nSPS) is 13.0. The lowest BCUT2D eigenvalue weighted by atomic mass is 9.86. The number of aliphatic hydroxyl groups is 1. The van der Waals surface area contributed by atoms with E-state index >= 15 is 0 Å². The molecule has 0 aliphatic carbocycles. The van der Waals surface area contributed by atoms with Gasteiger partial charge in [-0.05, 0) is 38.4 Å². The van der Waals surface area contributed by atoms with E-state index in [1.54, 1.807) is 0 Å². The van der Waals surface area contributed by atoms with Gasteiger partial charge in [-0.2, -0.15) is 0 Å². The topological polar surface area (TPSA) is 23.5 Å². The largest absolute Gasteiger partial charge is 0.392 e. The molecule has 1 N–H and O–H groups in total. The Balaban J connectivity index is 2.16. The van der Waals surface area contributed by atoms with Crippen LogP contribution in [0.2, 0.25) is 0 Å². The molecule has 0 amide bonds. The summed E-state index contributed by atoms with van der Waals surface area (Å²) in [5.74, 6) is 0.234. The van der Waals surface area contributed by atoms with Gasteiger partial charge in [-0.3, -0.25) is 0 Å². The molecule has 2 rings (SSSR count). The summed E-state index contributed by atoms with van der Waals surface area (Å²) in [6.45, 7) is 5.00. The van der Waals surface area contributed by atoms with E-state index in [4.69, 9.17) is 0 Å². The van der Waals surface area contributed by atoms with Crippen molar-refractivity contribution in [2.24, 2.45) is 0 Å². The summed E-state index contributed by atoms with van der Waals surface area (Å²) in [6.07, 6.45) is 0.406. The summed E-state index contributed by atoms with van der Waals surface area (Å²) in [7, 11) is 2.06. The molecule has 0 aliphatic rings. The van der Waals surface area contributed by atoms with Crippen LogP contribution in [0, 0.1) is 0 Å². The lowest BCUT2D eigenvalue weighted by Gasteiger charge is -2.27. The first-order valence-corrected chi connectivity index (χ1v) is 8.06. The Morgan fingerprint density at radius 3 is 1.73 bits per heavy atom. The lowest BCUT2D eigenvalue weighted by molar-refractivity contribution is 0.101. The van der Waals surface area contributed by atoms with Crippen molar-refractivity contribution < 1.29 is 5.11 Å². The first-order valence-electron chi connectivity index (χ1n) is 8.06. The van der Waals surface area contributed by atoms with Crippen molar-refractivity contribution >= 4 is 0 Å². The number of hydrogen-bond donors (Lipinski definition) is 1. The van der Waals surface area contributed by atoms with Crippen LogP contribution >= 0.6 is 0 Å². The van der Waals surface area contributed by atoms with E-state index in [1.165, 1.54) is 11.1 Å². The average Bonchev–Trinajstić information content (AvgIpc) is 2.54. The maximum absolute atomic E-state index is 10.5. The third-order valence-corrected chi connectivity index (χ3v) is 4.29. The van der Waals surface area contributed by atoms with Crippen molar-refractivity contribution in [2.45, 2.75) is 38.3 Å². The fourth-order valence-electron chi connectivity index (χ4n) is 2.73. The van der Waals surface area contributed by atoms with E-state index in [9.17, 15) is 5.11 Å². The van der Waals surface area contributed by atoms with Gasteiger partial charge in [-0.1, -0.05) is 60.7 Å². The second-order valence-corrected chi connectivity index (χ2v) is 6.30. The zero-order valence-corrected chi connectivity index (χ0v) is 13.8. The molecule has 0 spiro atoms. The first-order chi connectivity index (χ1) is 10.6. The zero-order chi connectivity index (χ0) is 15.9. The highest BCUT2D eigenvalue weighted by Crippen LogP contribution is 2.29. The smallest absolute Gasteiger partial charge is 0.0676 e. The van der Waals surface area contributed by atoms with Crippen LogP contribution < -0.4 is 0 Å².